The lowest BCUT2D eigenvalue weighted by atomic mass is 9.87. The summed E-state index contributed by atoms with van der Waals surface area (Å²) < 4.78 is 5.92. The van der Waals surface area contributed by atoms with E-state index >= 15 is 0 Å². The maximum atomic E-state index is 9.14. The monoisotopic (exact) mass is 247 g/mol. The molecule has 1 saturated heterocycles. The average molecular weight is 247 g/mol. The Bertz CT molecular complexity index is 330. The van der Waals surface area contributed by atoms with Gasteiger partial charge in [0.1, 0.15) is 0 Å². The number of nitrogens with zero attached hydrogens (tertiary/aromatic N) is 1. The van der Waals surface area contributed by atoms with E-state index < -0.39 is 0 Å². The molecule has 0 bridgehead atoms. The summed E-state index contributed by atoms with van der Waals surface area (Å²) >= 11 is 0. The molecule has 2 fully saturated rings. The van der Waals surface area contributed by atoms with E-state index in [-0.39, 0.29) is 5.92 Å². The molecule has 2 heteroatoms. The maximum absolute atomic E-state index is 9.14. The zero-order valence-electron chi connectivity index (χ0n) is 11.5. The lowest BCUT2D eigenvalue weighted by Gasteiger charge is -2.18. The molecule has 0 N–H and O–H groups in total. The molecular weight excluding hydrogens is 222 g/mol. The summed E-state index contributed by atoms with van der Waals surface area (Å²) in [6.45, 7) is 7.20. The van der Waals surface area contributed by atoms with Gasteiger partial charge in [0, 0.05) is 11.8 Å². The van der Waals surface area contributed by atoms with Crippen molar-refractivity contribution in [1.82, 2.24) is 0 Å². The molecule has 0 spiro atoms. The van der Waals surface area contributed by atoms with Gasteiger partial charge in [0.2, 0.25) is 0 Å². The molecule has 18 heavy (non-hydrogen) atoms. The fourth-order valence-corrected chi connectivity index (χ4v) is 3.57. The third-order valence-corrected chi connectivity index (χ3v) is 4.59. The van der Waals surface area contributed by atoms with Crippen LogP contribution in [0.1, 0.15) is 51.9 Å². The highest BCUT2D eigenvalue weighted by molar-refractivity contribution is 5.20. The summed E-state index contributed by atoms with van der Waals surface area (Å²) in [5.74, 6) is 1.07. The molecule has 2 nitrogen and oxygen atoms in total. The van der Waals surface area contributed by atoms with Gasteiger partial charge in [0.05, 0.1) is 24.7 Å². The third-order valence-electron chi connectivity index (χ3n) is 4.59. The number of hydrogen-bond donors (Lipinski definition) is 0. The summed E-state index contributed by atoms with van der Waals surface area (Å²) in [6.07, 6.45) is 8.98. The van der Waals surface area contributed by atoms with Crippen LogP contribution < -0.4 is 0 Å². The summed E-state index contributed by atoms with van der Waals surface area (Å²) in [6, 6.07) is 2.43. The normalized spacial score (nSPS) is 34.6. The van der Waals surface area contributed by atoms with Crippen molar-refractivity contribution in [3.05, 3.63) is 12.2 Å². The van der Waals surface area contributed by atoms with Crippen molar-refractivity contribution < 1.29 is 4.74 Å². The highest BCUT2D eigenvalue weighted by atomic mass is 16.5. The Balaban J connectivity index is 1.78. The van der Waals surface area contributed by atoms with Crippen LogP contribution in [0.4, 0.5) is 0 Å². The Morgan fingerprint density at radius 1 is 1.33 bits per heavy atom. The lowest BCUT2D eigenvalue weighted by molar-refractivity contribution is 0.0829. The van der Waals surface area contributed by atoms with Gasteiger partial charge in [-0.1, -0.05) is 51.2 Å². The number of fused-ring (bicyclic) bond motifs is 1. The molecule has 0 aromatic rings. The molecule has 0 unspecified atom stereocenters. The summed E-state index contributed by atoms with van der Waals surface area (Å²) in [5, 5.41) is 9.14. The molecule has 4 atom stereocenters. The van der Waals surface area contributed by atoms with E-state index in [0.29, 0.717) is 17.9 Å². The molecular formula is C16H25NO. The van der Waals surface area contributed by atoms with Gasteiger partial charge in [-0.2, -0.15) is 5.26 Å². The summed E-state index contributed by atoms with van der Waals surface area (Å²) in [7, 11) is 0. The van der Waals surface area contributed by atoms with Crippen LogP contribution in [0.25, 0.3) is 0 Å². The van der Waals surface area contributed by atoms with Crippen LogP contribution in [0.5, 0.6) is 0 Å². The predicted molar refractivity (Wildman–Crippen MR) is 73.0 cm³/mol. The van der Waals surface area contributed by atoms with Crippen LogP contribution >= 0.6 is 0 Å². The van der Waals surface area contributed by atoms with Crippen molar-refractivity contribution in [1.29, 1.82) is 5.26 Å². The summed E-state index contributed by atoms with van der Waals surface area (Å²) in [4.78, 5) is 0. The number of nitriles is 1. The molecule has 0 amide bonds. The van der Waals surface area contributed by atoms with Crippen molar-refractivity contribution in [3.63, 3.8) is 0 Å². The molecule has 1 heterocycles. The number of hydrogen-bond acceptors (Lipinski definition) is 2. The topological polar surface area (TPSA) is 33.0 Å². The first kappa shape index (κ1) is 13.6. The zero-order chi connectivity index (χ0) is 13.0. The van der Waals surface area contributed by atoms with Crippen molar-refractivity contribution in [2.45, 2.75) is 58.0 Å². The molecule has 1 aliphatic heterocycles. The maximum Gasteiger partial charge on any atom is 0.0663 e. The Labute approximate surface area is 111 Å². The van der Waals surface area contributed by atoms with E-state index in [1.807, 2.05) is 0 Å². The van der Waals surface area contributed by atoms with Crippen LogP contribution in [0.3, 0.4) is 0 Å². The van der Waals surface area contributed by atoms with E-state index in [4.69, 9.17) is 10.00 Å². The number of rotatable bonds is 6. The van der Waals surface area contributed by atoms with Crippen molar-refractivity contribution in [2.75, 3.05) is 6.61 Å². The molecule has 2 rings (SSSR count). The minimum absolute atomic E-state index is 0.160. The fraction of sp³-hybridized carbons (Fsp3) is 0.812. The summed E-state index contributed by atoms with van der Waals surface area (Å²) in [5.41, 5.74) is 1.27. The van der Waals surface area contributed by atoms with Gasteiger partial charge < -0.3 is 4.74 Å². The van der Waals surface area contributed by atoms with E-state index in [2.05, 4.69) is 19.6 Å². The highest BCUT2D eigenvalue weighted by Gasteiger charge is 2.47. The first-order valence-corrected chi connectivity index (χ1v) is 7.46. The fourth-order valence-electron chi connectivity index (χ4n) is 3.57. The minimum Gasteiger partial charge on any atom is -0.377 e. The van der Waals surface area contributed by atoms with Crippen molar-refractivity contribution in [3.8, 4) is 6.07 Å². The van der Waals surface area contributed by atoms with Crippen molar-refractivity contribution in [2.24, 2.45) is 17.8 Å². The molecule has 1 aliphatic carbocycles. The third kappa shape index (κ3) is 2.78. The number of ether oxygens (including phenoxy) is 1. The molecule has 2 aliphatic rings. The molecule has 0 aromatic carbocycles. The second kappa shape index (κ2) is 6.38. The van der Waals surface area contributed by atoms with Crippen molar-refractivity contribution >= 4 is 0 Å². The highest BCUT2D eigenvalue weighted by Crippen LogP contribution is 2.48. The van der Waals surface area contributed by atoms with Gasteiger partial charge >= 0.3 is 0 Å². The Kier molecular flexibility index (Phi) is 4.83. The molecule has 1 saturated carbocycles. The van der Waals surface area contributed by atoms with Gasteiger partial charge in [-0.15, -0.1) is 0 Å². The van der Waals surface area contributed by atoms with Gasteiger partial charge in [0.25, 0.3) is 0 Å². The SMILES string of the molecule is C=C1C[C@@H](C#N)[C@@H]2CO[C@H](CCCCCCC)[C@@H]12. The van der Waals surface area contributed by atoms with Gasteiger partial charge in [-0.25, -0.2) is 0 Å². The quantitative estimate of drug-likeness (QED) is 0.523. The lowest BCUT2D eigenvalue weighted by Crippen LogP contribution is -2.18. The van der Waals surface area contributed by atoms with Gasteiger partial charge in [-0.3, -0.25) is 0 Å². The standard InChI is InChI=1S/C16H25NO/c1-3-4-5-6-7-8-15-16-12(2)9-13(10-17)14(16)11-18-15/h13-16H,2-9,11H2,1H3/t13-,14-,15+,16-/m0/s1. The van der Waals surface area contributed by atoms with E-state index in [9.17, 15) is 0 Å². The van der Waals surface area contributed by atoms with Gasteiger partial charge in [0.15, 0.2) is 0 Å². The Morgan fingerprint density at radius 2 is 2.11 bits per heavy atom. The molecule has 100 valence electrons. The first-order valence-electron chi connectivity index (χ1n) is 7.46. The van der Waals surface area contributed by atoms with Crippen LogP contribution in [0, 0.1) is 29.1 Å². The largest absolute Gasteiger partial charge is 0.377 e. The zero-order valence-corrected chi connectivity index (χ0v) is 11.5. The smallest absolute Gasteiger partial charge is 0.0663 e. The first-order chi connectivity index (χ1) is 8.77. The average Bonchev–Trinajstić information content (AvgIpc) is 2.91. The Morgan fingerprint density at radius 3 is 2.83 bits per heavy atom. The van der Waals surface area contributed by atoms with E-state index in [1.54, 1.807) is 0 Å². The Hall–Kier alpha value is -0.810. The van der Waals surface area contributed by atoms with Crippen LogP contribution in [0.2, 0.25) is 0 Å². The molecule has 0 radical (unpaired) electrons. The van der Waals surface area contributed by atoms with Crippen LogP contribution in [0.15, 0.2) is 12.2 Å². The second-order valence-corrected chi connectivity index (χ2v) is 5.86. The second-order valence-electron chi connectivity index (χ2n) is 5.86. The minimum atomic E-state index is 0.160. The van der Waals surface area contributed by atoms with Crippen LogP contribution in [-0.2, 0) is 4.74 Å². The predicted octanol–water partition coefficient (Wildman–Crippen LogP) is 4.08. The molecule has 0 aromatic heterocycles. The van der Waals surface area contributed by atoms with E-state index in [1.165, 1.54) is 37.7 Å². The van der Waals surface area contributed by atoms with Gasteiger partial charge in [-0.05, 0) is 12.8 Å². The van der Waals surface area contributed by atoms with Crippen LogP contribution in [-0.4, -0.2) is 12.7 Å². The number of unbranched alkanes of at least 4 members (excludes halogenated alkanes) is 4. The van der Waals surface area contributed by atoms with E-state index in [0.717, 1.165) is 19.4 Å².